The quantitative estimate of drug-likeness (QED) is 0.338. The molecule has 6 aromatic rings. The Kier molecular flexibility index (Phi) is 4.46. The summed E-state index contributed by atoms with van der Waals surface area (Å²) in [5.41, 5.74) is 19.4. The highest BCUT2D eigenvalue weighted by molar-refractivity contribution is 7.18. The van der Waals surface area contributed by atoms with E-state index in [9.17, 15) is 0 Å². The van der Waals surface area contributed by atoms with Crippen molar-refractivity contribution in [2.24, 2.45) is 0 Å². The summed E-state index contributed by atoms with van der Waals surface area (Å²) in [5.74, 6) is 0. The topological polar surface area (TPSA) is 130 Å². The van der Waals surface area contributed by atoms with Crippen LogP contribution in [0.15, 0.2) is 45.6 Å². The average Bonchev–Trinajstić information content (AvgIpc) is 3.57. The Hall–Kier alpha value is -3.76. The van der Waals surface area contributed by atoms with Gasteiger partial charge in [0, 0.05) is 10.8 Å². The zero-order valence-corrected chi connectivity index (χ0v) is 19.4. The molecule has 2 aromatic carbocycles. The Labute approximate surface area is 195 Å². The van der Waals surface area contributed by atoms with Gasteiger partial charge in [-0.25, -0.2) is 0 Å². The Bertz CT molecular complexity index is 1540. The van der Waals surface area contributed by atoms with Gasteiger partial charge >= 0.3 is 0 Å². The number of hydrogen-bond donors (Lipinski definition) is 2. The third-order valence-corrected chi connectivity index (χ3v) is 7.18. The second-order valence-corrected chi connectivity index (χ2v) is 9.96. The second-order valence-electron chi connectivity index (χ2n) is 7.95. The predicted octanol–water partition coefficient (Wildman–Crippen LogP) is 5.59. The summed E-state index contributed by atoms with van der Waals surface area (Å²) in [4.78, 5) is 0. The molecule has 0 saturated carbocycles. The normalized spacial score (nSPS) is 11.7. The fraction of sp³-hybridized carbons (Fsp3) is 0.130. The molecule has 0 atom stereocenters. The summed E-state index contributed by atoms with van der Waals surface area (Å²) < 4.78 is 11.7. The number of furan rings is 2. The van der Waals surface area contributed by atoms with Gasteiger partial charge in [0.1, 0.15) is 11.2 Å². The predicted molar refractivity (Wildman–Crippen MR) is 131 cm³/mol. The molecule has 0 fully saturated rings. The van der Waals surface area contributed by atoms with Crippen LogP contribution in [0.3, 0.4) is 0 Å². The lowest BCUT2D eigenvalue weighted by Gasteiger charge is -2.08. The van der Waals surface area contributed by atoms with Gasteiger partial charge in [0.2, 0.25) is 10.3 Å². The first-order valence-corrected chi connectivity index (χ1v) is 11.8. The Morgan fingerprint density at radius 3 is 1.55 bits per heavy atom. The van der Waals surface area contributed by atoms with E-state index in [0.717, 1.165) is 65.3 Å². The molecule has 164 valence electrons. The van der Waals surface area contributed by atoms with Crippen LogP contribution in [0.4, 0.5) is 10.3 Å². The first kappa shape index (κ1) is 19.9. The Morgan fingerprint density at radius 2 is 1.15 bits per heavy atom. The molecule has 10 heteroatoms. The average molecular weight is 475 g/mol. The van der Waals surface area contributed by atoms with Crippen molar-refractivity contribution >= 4 is 54.9 Å². The van der Waals surface area contributed by atoms with Gasteiger partial charge in [0.05, 0.1) is 23.7 Å². The number of aryl methyl sites for hydroxylation is 2. The van der Waals surface area contributed by atoms with Gasteiger partial charge in [-0.3, -0.25) is 0 Å². The van der Waals surface area contributed by atoms with Crippen molar-refractivity contribution in [2.75, 3.05) is 11.5 Å². The number of nitrogens with two attached hydrogens (primary N) is 2. The van der Waals surface area contributed by atoms with Crippen molar-refractivity contribution in [1.82, 2.24) is 20.4 Å². The van der Waals surface area contributed by atoms with Crippen LogP contribution in [-0.4, -0.2) is 20.4 Å². The monoisotopic (exact) mass is 474 g/mol. The van der Waals surface area contributed by atoms with E-state index >= 15 is 0 Å². The standard InChI is InChI=1S/C23H18N6O2S2/c1-10-8-30-18-14(10)4-12(6-16(18)20-26-28-22(24)32-20)3-13-5-15-11(2)9-31-19(15)17(7-13)21-27-29-23(25)33-21/h4-9H,3H2,1-2H3,(H2,24,28)(H2,25,29). The summed E-state index contributed by atoms with van der Waals surface area (Å²) >= 11 is 2.69. The smallest absolute Gasteiger partial charge is 0.203 e. The maximum absolute atomic E-state index is 5.85. The van der Waals surface area contributed by atoms with E-state index in [1.807, 2.05) is 13.8 Å². The molecule has 0 bridgehead atoms. The largest absolute Gasteiger partial charge is 0.463 e. The molecular formula is C23H18N6O2S2. The molecule has 0 aliphatic heterocycles. The van der Waals surface area contributed by atoms with Crippen LogP contribution in [0.25, 0.3) is 43.1 Å². The molecule has 4 N–H and O–H groups in total. The highest BCUT2D eigenvalue weighted by Crippen LogP contribution is 2.38. The Morgan fingerprint density at radius 1 is 0.697 bits per heavy atom. The summed E-state index contributed by atoms with van der Waals surface area (Å²) in [6, 6.07) is 8.52. The van der Waals surface area contributed by atoms with Crippen LogP contribution in [-0.2, 0) is 6.42 Å². The van der Waals surface area contributed by atoms with E-state index in [2.05, 4.69) is 44.7 Å². The van der Waals surface area contributed by atoms with E-state index in [1.165, 1.54) is 22.7 Å². The number of anilines is 2. The third kappa shape index (κ3) is 3.35. The number of hydrogen-bond acceptors (Lipinski definition) is 10. The number of fused-ring (bicyclic) bond motifs is 2. The lowest BCUT2D eigenvalue weighted by Crippen LogP contribution is -1.92. The SMILES string of the molecule is Cc1coc2c(-c3nnc(N)s3)cc(Cc3cc(-c4nnc(N)s4)c4occ(C)c4c3)cc12. The summed E-state index contributed by atoms with van der Waals surface area (Å²) in [5, 5.41) is 20.9. The summed E-state index contributed by atoms with van der Waals surface area (Å²) in [6.45, 7) is 4.07. The fourth-order valence-corrected chi connectivity index (χ4v) is 5.33. The molecule has 8 nitrogen and oxygen atoms in total. The van der Waals surface area contributed by atoms with Crippen LogP contribution in [0.1, 0.15) is 22.3 Å². The molecule has 6 rings (SSSR count). The van der Waals surface area contributed by atoms with Gasteiger partial charge in [-0.15, -0.1) is 20.4 Å². The minimum absolute atomic E-state index is 0.425. The molecule has 33 heavy (non-hydrogen) atoms. The first-order chi connectivity index (χ1) is 16.0. The van der Waals surface area contributed by atoms with Crippen LogP contribution in [0.2, 0.25) is 0 Å². The molecule has 0 aliphatic rings. The molecule has 0 amide bonds. The van der Waals surface area contributed by atoms with Crippen molar-refractivity contribution in [3.63, 3.8) is 0 Å². The number of benzene rings is 2. The zero-order valence-electron chi connectivity index (χ0n) is 17.7. The maximum Gasteiger partial charge on any atom is 0.203 e. The van der Waals surface area contributed by atoms with Crippen LogP contribution in [0.5, 0.6) is 0 Å². The highest BCUT2D eigenvalue weighted by atomic mass is 32.1. The van der Waals surface area contributed by atoms with Gasteiger partial charge in [-0.1, -0.05) is 22.7 Å². The van der Waals surface area contributed by atoms with Crippen molar-refractivity contribution in [3.8, 4) is 21.1 Å². The van der Waals surface area contributed by atoms with E-state index in [1.54, 1.807) is 12.5 Å². The molecule has 4 aromatic heterocycles. The summed E-state index contributed by atoms with van der Waals surface area (Å²) in [7, 11) is 0. The lowest BCUT2D eigenvalue weighted by atomic mass is 9.97. The second kappa shape index (κ2) is 7.39. The summed E-state index contributed by atoms with van der Waals surface area (Å²) in [6.07, 6.45) is 4.23. The van der Waals surface area contributed by atoms with Gasteiger partial charge in [-0.2, -0.15) is 0 Å². The van der Waals surface area contributed by atoms with E-state index in [4.69, 9.17) is 20.3 Å². The molecule has 0 unspecified atom stereocenters. The van der Waals surface area contributed by atoms with Crippen LogP contribution in [0, 0.1) is 13.8 Å². The lowest BCUT2D eigenvalue weighted by molar-refractivity contribution is 0.613. The Balaban J connectivity index is 1.51. The van der Waals surface area contributed by atoms with Crippen LogP contribution >= 0.6 is 22.7 Å². The van der Waals surface area contributed by atoms with E-state index < -0.39 is 0 Å². The van der Waals surface area contributed by atoms with Crippen molar-refractivity contribution in [2.45, 2.75) is 20.3 Å². The van der Waals surface area contributed by atoms with Gasteiger partial charge < -0.3 is 20.3 Å². The first-order valence-electron chi connectivity index (χ1n) is 10.2. The number of nitrogens with zero attached hydrogens (tertiary/aromatic N) is 4. The zero-order chi connectivity index (χ0) is 22.7. The molecule has 4 heterocycles. The number of rotatable bonds is 4. The molecule has 0 saturated heterocycles. The van der Waals surface area contributed by atoms with Gasteiger partial charge in [-0.05, 0) is 66.8 Å². The van der Waals surface area contributed by atoms with E-state index in [-0.39, 0.29) is 0 Å². The maximum atomic E-state index is 5.85. The van der Waals surface area contributed by atoms with Crippen molar-refractivity contribution in [1.29, 1.82) is 0 Å². The highest BCUT2D eigenvalue weighted by Gasteiger charge is 2.18. The third-order valence-electron chi connectivity index (χ3n) is 5.60. The van der Waals surface area contributed by atoms with Gasteiger partial charge in [0.15, 0.2) is 10.0 Å². The van der Waals surface area contributed by atoms with Crippen LogP contribution < -0.4 is 11.5 Å². The number of nitrogen functional groups attached to an aromatic ring is 2. The molecule has 0 radical (unpaired) electrons. The minimum Gasteiger partial charge on any atom is -0.463 e. The van der Waals surface area contributed by atoms with E-state index in [0.29, 0.717) is 16.7 Å². The number of aromatic nitrogens is 4. The molecular weight excluding hydrogens is 456 g/mol. The molecule has 0 aliphatic carbocycles. The molecule has 0 spiro atoms. The van der Waals surface area contributed by atoms with Crippen molar-refractivity contribution in [3.05, 3.63) is 59.0 Å². The van der Waals surface area contributed by atoms with Gasteiger partial charge in [0.25, 0.3) is 0 Å². The van der Waals surface area contributed by atoms with Crippen molar-refractivity contribution < 1.29 is 8.83 Å². The fourth-order valence-electron chi connectivity index (χ4n) is 4.08. The minimum atomic E-state index is 0.425.